The van der Waals surface area contributed by atoms with E-state index in [-0.39, 0.29) is 10.9 Å². The fourth-order valence-corrected chi connectivity index (χ4v) is 5.80. The summed E-state index contributed by atoms with van der Waals surface area (Å²) in [6, 6.07) is 17.5. The third-order valence-corrected chi connectivity index (χ3v) is 12.2. The molecule has 3 aromatic rings. The van der Waals surface area contributed by atoms with Crippen LogP contribution in [0.1, 0.15) is 45.7 Å². The van der Waals surface area contributed by atoms with Crippen LogP contribution in [0.15, 0.2) is 66.8 Å². The van der Waals surface area contributed by atoms with Crippen LogP contribution in [0.25, 0.3) is 16.7 Å². The summed E-state index contributed by atoms with van der Waals surface area (Å²) in [6.07, 6.45) is 5.84. The standard InChI is InChI=1S/C29H34N4O2Si/c1-20(29(5,22-12-9-8-10-13-22)35-36(6,7)28(2,3)4)26(34)32-27-31-24-17-16-21(19-30)18-25(24)33(27)23-14-11-15-23/h8-18,20H,1-7H3,(H,31,32,34)/t20-,29-/m1/s1. The number of hydrogen-bond acceptors (Lipinski definition) is 4. The molecule has 1 heterocycles. The van der Waals surface area contributed by atoms with Crippen LogP contribution in [0.3, 0.4) is 0 Å². The van der Waals surface area contributed by atoms with Gasteiger partial charge in [-0.05, 0) is 61.0 Å². The topological polar surface area (TPSA) is 79.9 Å². The number of allylic oxidation sites excluding steroid dienone is 4. The average molecular weight is 499 g/mol. The number of nitrogens with one attached hydrogen (secondary N) is 1. The van der Waals surface area contributed by atoms with E-state index in [9.17, 15) is 10.1 Å². The Balaban J connectivity index is 1.73. The van der Waals surface area contributed by atoms with Gasteiger partial charge in [-0.1, -0.05) is 64.1 Å². The first kappa shape index (κ1) is 25.6. The fraction of sp³-hybridized carbons (Fsp3) is 0.345. The maximum Gasteiger partial charge on any atom is 0.232 e. The van der Waals surface area contributed by atoms with Crippen molar-refractivity contribution in [2.75, 3.05) is 5.32 Å². The number of hydrogen-bond donors (Lipinski definition) is 1. The molecule has 0 saturated heterocycles. The molecular formula is C29H34N4O2Si. The number of amides is 1. The number of carbonyl (C=O) groups is 1. The Morgan fingerprint density at radius 1 is 1.14 bits per heavy atom. The zero-order chi connectivity index (χ0) is 26.3. The molecule has 1 aromatic heterocycles. The van der Waals surface area contributed by atoms with Gasteiger partial charge in [-0.2, -0.15) is 5.26 Å². The predicted octanol–water partition coefficient (Wildman–Crippen LogP) is 6.83. The van der Waals surface area contributed by atoms with E-state index >= 15 is 0 Å². The third-order valence-electron chi connectivity index (χ3n) is 7.65. The number of aromatic nitrogens is 2. The molecule has 0 unspecified atom stereocenters. The van der Waals surface area contributed by atoms with Gasteiger partial charge in [-0.25, -0.2) is 4.98 Å². The zero-order valence-electron chi connectivity index (χ0n) is 22.1. The summed E-state index contributed by atoms with van der Waals surface area (Å²) in [4.78, 5) is 18.5. The minimum Gasteiger partial charge on any atom is -0.407 e. The molecule has 36 heavy (non-hydrogen) atoms. The van der Waals surface area contributed by atoms with E-state index in [1.165, 1.54) is 0 Å². The van der Waals surface area contributed by atoms with Crippen molar-refractivity contribution < 1.29 is 9.22 Å². The Bertz CT molecular complexity index is 1410. The highest BCUT2D eigenvalue weighted by Crippen LogP contribution is 2.45. The van der Waals surface area contributed by atoms with E-state index in [1.54, 1.807) is 18.2 Å². The van der Waals surface area contributed by atoms with Crippen LogP contribution in [0.2, 0.25) is 18.1 Å². The Morgan fingerprint density at radius 2 is 1.81 bits per heavy atom. The number of anilines is 1. The number of fused-ring (bicyclic) bond motifs is 1. The van der Waals surface area contributed by atoms with Gasteiger partial charge in [0.05, 0.1) is 34.2 Å². The summed E-state index contributed by atoms with van der Waals surface area (Å²) < 4.78 is 8.87. The molecule has 1 N–H and O–H groups in total. The molecule has 6 nitrogen and oxygen atoms in total. The third kappa shape index (κ3) is 4.54. The Labute approximate surface area is 214 Å². The summed E-state index contributed by atoms with van der Waals surface area (Å²) in [5.74, 6) is -0.265. The molecule has 1 aliphatic rings. The van der Waals surface area contributed by atoms with Gasteiger partial charge < -0.3 is 4.43 Å². The molecule has 2 aromatic carbocycles. The van der Waals surface area contributed by atoms with E-state index in [0.717, 1.165) is 16.8 Å². The highest BCUT2D eigenvalue weighted by molar-refractivity contribution is 6.74. The first-order chi connectivity index (χ1) is 16.9. The molecule has 0 aliphatic heterocycles. The lowest BCUT2D eigenvalue weighted by molar-refractivity contribution is -0.126. The number of nitriles is 1. The number of rotatable bonds is 7. The van der Waals surface area contributed by atoms with Crippen LogP contribution >= 0.6 is 0 Å². The summed E-state index contributed by atoms with van der Waals surface area (Å²) in [5.41, 5.74) is 3.05. The highest BCUT2D eigenvalue weighted by Gasteiger charge is 2.47. The molecule has 7 heteroatoms. The van der Waals surface area contributed by atoms with Gasteiger partial charge >= 0.3 is 0 Å². The largest absolute Gasteiger partial charge is 0.407 e. The maximum atomic E-state index is 13.8. The molecule has 0 bridgehead atoms. The average Bonchev–Trinajstić information content (AvgIpc) is 3.13. The molecular weight excluding hydrogens is 464 g/mol. The highest BCUT2D eigenvalue weighted by atomic mass is 28.4. The van der Waals surface area contributed by atoms with Crippen LogP contribution in [0.4, 0.5) is 5.95 Å². The van der Waals surface area contributed by atoms with Crippen molar-refractivity contribution in [1.82, 2.24) is 9.55 Å². The van der Waals surface area contributed by atoms with E-state index in [4.69, 9.17) is 9.41 Å². The molecule has 2 atom stereocenters. The number of carbonyl (C=O) groups excluding carboxylic acids is 1. The normalized spacial score (nSPS) is 16.0. The van der Waals surface area contributed by atoms with Crippen molar-refractivity contribution in [2.45, 2.75) is 58.4 Å². The van der Waals surface area contributed by atoms with Crippen LogP contribution in [-0.4, -0.2) is 23.8 Å². The van der Waals surface area contributed by atoms with Gasteiger partial charge in [0.1, 0.15) is 0 Å². The lowest BCUT2D eigenvalue weighted by Gasteiger charge is -2.46. The van der Waals surface area contributed by atoms with Gasteiger partial charge in [0.15, 0.2) is 8.32 Å². The number of nitrogens with zero attached hydrogens (tertiary/aromatic N) is 3. The minimum atomic E-state index is -2.24. The lowest BCUT2D eigenvalue weighted by atomic mass is 9.83. The van der Waals surface area contributed by atoms with E-state index in [0.29, 0.717) is 17.0 Å². The quantitative estimate of drug-likeness (QED) is 0.362. The van der Waals surface area contributed by atoms with Crippen molar-refractivity contribution in [3.63, 3.8) is 0 Å². The molecule has 1 aliphatic carbocycles. The van der Waals surface area contributed by atoms with Crippen molar-refractivity contribution in [3.05, 3.63) is 77.9 Å². The molecule has 1 amide bonds. The fourth-order valence-electron chi connectivity index (χ4n) is 4.14. The predicted molar refractivity (Wildman–Crippen MR) is 148 cm³/mol. The number of benzene rings is 2. The van der Waals surface area contributed by atoms with E-state index in [2.05, 4.69) is 45.3 Å². The Kier molecular flexibility index (Phi) is 6.54. The van der Waals surface area contributed by atoms with Crippen molar-refractivity contribution in [2.24, 2.45) is 5.92 Å². The minimum absolute atomic E-state index is 0.0191. The summed E-state index contributed by atoms with van der Waals surface area (Å²) >= 11 is 0. The number of imidazole rings is 1. The second-order valence-electron chi connectivity index (χ2n) is 11.1. The summed E-state index contributed by atoms with van der Waals surface area (Å²) in [6.45, 7) is 15.0. The second-order valence-corrected chi connectivity index (χ2v) is 15.8. The van der Waals surface area contributed by atoms with Crippen molar-refractivity contribution in [3.8, 4) is 6.07 Å². The van der Waals surface area contributed by atoms with Crippen LogP contribution in [0, 0.1) is 17.2 Å². The first-order valence-electron chi connectivity index (χ1n) is 12.3. The van der Waals surface area contributed by atoms with E-state index in [1.807, 2.05) is 67.0 Å². The van der Waals surface area contributed by atoms with Crippen molar-refractivity contribution >= 4 is 36.9 Å². The summed E-state index contributed by atoms with van der Waals surface area (Å²) in [7, 11) is -2.24. The zero-order valence-corrected chi connectivity index (χ0v) is 23.1. The van der Waals surface area contributed by atoms with E-state index < -0.39 is 19.8 Å². The molecule has 0 fully saturated rings. The second kappa shape index (κ2) is 9.19. The van der Waals surface area contributed by atoms with Crippen LogP contribution < -0.4 is 5.32 Å². The van der Waals surface area contributed by atoms with Crippen LogP contribution in [-0.2, 0) is 14.8 Å². The van der Waals surface area contributed by atoms with Gasteiger partial charge in [0.25, 0.3) is 0 Å². The Morgan fingerprint density at radius 3 is 2.36 bits per heavy atom. The first-order valence-corrected chi connectivity index (χ1v) is 15.2. The molecule has 0 spiro atoms. The van der Waals surface area contributed by atoms with Gasteiger partial charge in [-0.3, -0.25) is 14.7 Å². The molecule has 4 rings (SSSR count). The molecule has 0 saturated carbocycles. The summed E-state index contributed by atoms with van der Waals surface area (Å²) in [5, 5.41) is 12.4. The SMILES string of the molecule is C[C@H](C(=O)Nc1nc2ccc(C#N)cc2n1C1=CC=C1)[C@@](C)(O[Si](C)(C)C(C)(C)C)c1ccccc1. The van der Waals surface area contributed by atoms with Gasteiger partial charge in [-0.15, -0.1) is 0 Å². The smallest absolute Gasteiger partial charge is 0.232 e. The van der Waals surface area contributed by atoms with Gasteiger partial charge in [0.2, 0.25) is 11.9 Å². The van der Waals surface area contributed by atoms with Crippen molar-refractivity contribution in [1.29, 1.82) is 5.26 Å². The Hall–Kier alpha value is -3.47. The van der Waals surface area contributed by atoms with Crippen LogP contribution in [0.5, 0.6) is 0 Å². The maximum absolute atomic E-state index is 13.8. The molecule has 186 valence electrons. The molecule has 0 radical (unpaired) electrons. The monoisotopic (exact) mass is 498 g/mol. The lowest BCUT2D eigenvalue weighted by Crippen LogP contribution is -2.51. The van der Waals surface area contributed by atoms with Gasteiger partial charge in [0, 0.05) is 5.70 Å².